The summed E-state index contributed by atoms with van der Waals surface area (Å²) in [5, 5.41) is 3.11. The maximum Gasteiger partial charge on any atom is 0.251 e. The SMILES string of the molecule is COc1cccc2c1OCC(C(=O)N[C@H](c1ncc(-c3ccccc3)[nH]1)C(C)C)=C2. The minimum absolute atomic E-state index is 0.154. The molecule has 2 aromatic carbocycles. The molecule has 0 saturated heterocycles. The van der Waals surface area contributed by atoms with Crippen molar-refractivity contribution in [2.75, 3.05) is 13.7 Å². The summed E-state index contributed by atoms with van der Waals surface area (Å²) in [5.41, 5.74) is 3.37. The molecule has 0 bridgehead atoms. The van der Waals surface area contributed by atoms with E-state index in [9.17, 15) is 4.79 Å². The van der Waals surface area contributed by atoms with Gasteiger partial charge < -0.3 is 19.8 Å². The quantitative estimate of drug-likeness (QED) is 0.641. The van der Waals surface area contributed by atoms with Gasteiger partial charge in [0, 0.05) is 5.56 Å². The number of fused-ring (bicyclic) bond motifs is 1. The van der Waals surface area contributed by atoms with Gasteiger partial charge in [-0.25, -0.2) is 4.98 Å². The van der Waals surface area contributed by atoms with Gasteiger partial charge in [-0.15, -0.1) is 0 Å². The third-order valence-electron chi connectivity index (χ3n) is 5.15. The summed E-state index contributed by atoms with van der Waals surface area (Å²) in [6.45, 7) is 4.31. The molecular formula is C24H25N3O3. The predicted octanol–water partition coefficient (Wildman–Crippen LogP) is 4.37. The number of para-hydroxylation sites is 1. The Bertz CT molecular complexity index is 1070. The van der Waals surface area contributed by atoms with Gasteiger partial charge in [0.25, 0.3) is 5.91 Å². The Balaban J connectivity index is 1.55. The molecule has 2 N–H and O–H groups in total. The average Bonchev–Trinajstić information content (AvgIpc) is 3.26. The molecule has 6 heteroatoms. The first kappa shape index (κ1) is 19.8. The number of benzene rings is 2. The molecule has 0 radical (unpaired) electrons. The van der Waals surface area contributed by atoms with Gasteiger partial charge in [-0.1, -0.05) is 56.3 Å². The van der Waals surface area contributed by atoms with E-state index in [0.29, 0.717) is 17.1 Å². The Kier molecular flexibility index (Phi) is 5.57. The Morgan fingerprint density at radius 2 is 1.97 bits per heavy atom. The molecule has 0 saturated carbocycles. The average molecular weight is 403 g/mol. The van der Waals surface area contributed by atoms with Crippen LogP contribution in [0.1, 0.15) is 31.3 Å². The molecule has 0 fully saturated rings. The lowest BCUT2D eigenvalue weighted by Crippen LogP contribution is -2.35. The Morgan fingerprint density at radius 1 is 1.17 bits per heavy atom. The van der Waals surface area contributed by atoms with Crippen molar-refractivity contribution in [3.8, 4) is 22.8 Å². The van der Waals surface area contributed by atoms with Crippen molar-refractivity contribution in [1.82, 2.24) is 15.3 Å². The van der Waals surface area contributed by atoms with Gasteiger partial charge in [-0.3, -0.25) is 4.79 Å². The molecule has 6 nitrogen and oxygen atoms in total. The second-order valence-corrected chi connectivity index (χ2v) is 7.58. The molecule has 1 aromatic heterocycles. The molecule has 4 rings (SSSR count). The van der Waals surface area contributed by atoms with E-state index in [0.717, 1.165) is 22.6 Å². The van der Waals surface area contributed by atoms with Crippen LogP contribution in [0.25, 0.3) is 17.3 Å². The van der Waals surface area contributed by atoms with Crippen LogP contribution in [0.5, 0.6) is 11.5 Å². The lowest BCUT2D eigenvalue weighted by atomic mass is 10.0. The number of ether oxygens (including phenoxy) is 2. The van der Waals surface area contributed by atoms with E-state index in [2.05, 4.69) is 29.1 Å². The molecule has 154 valence electrons. The Labute approximate surface area is 176 Å². The lowest BCUT2D eigenvalue weighted by Gasteiger charge is -2.23. The van der Waals surface area contributed by atoms with Crippen LogP contribution in [0.3, 0.4) is 0 Å². The molecule has 0 unspecified atom stereocenters. The fourth-order valence-corrected chi connectivity index (χ4v) is 3.52. The van der Waals surface area contributed by atoms with Crippen LogP contribution in [0.2, 0.25) is 0 Å². The first-order valence-corrected chi connectivity index (χ1v) is 9.98. The topological polar surface area (TPSA) is 76.2 Å². The highest BCUT2D eigenvalue weighted by Crippen LogP contribution is 2.35. The number of methoxy groups -OCH3 is 1. The first-order valence-electron chi connectivity index (χ1n) is 9.98. The van der Waals surface area contributed by atoms with E-state index in [1.54, 1.807) is 13.3 Å². The summed E-state index contributed by atoms with van der Waals surface area (Å²) in [7, 11) is 1.60. The van der Waals surface area contributed by atoms with Gasteiger partial charge in [0.05, 0.1) is 30.6 Å². The van der Waals surface area contributed by atoms with Crippen molar-refractivity contribution in [2.45, 2.75) is 19.9 Å². The fraction of sp³-hybridized carbons (Fsp3) is 0.250. The molecule has 1 amide bonds. The summed E-state index contributed by atoms with van der Waals surface area (Å²) in [6.07, 6.45) is 3.66. The number of imidazole rings is 1. The predicted molar refractivity (Wildman–Crippen MR) is 116 cm³/mol. The van der Waals surface area contributed by atoms with Gasteiger partial charge in [0.15, 0.2) is 11.5 Å². The molecule has 1 aliphatic heterocycles. The highest BCUT2D eigenvalue weighted by molar-refractivity contribution is 5.99. The zero-order chi connectivity index (χ0) is 21.1. The summed E-state index contributed by atoms with van der Waals surface area (Å²) < 4.78 is 11.1. The molecule has 1 atom stereocenters. The largest absolute Gasteiger partial charge is 0.493 e. The standard InChI is InChI=1S/C24H25N3O3/c1-15(2)21(23-25-13-19(26-23)16-8-5-4-6-9-16)27-24(28)18-12-17-10-7-11-20(29-3)22(17)30-14-18/h4-13,15,21H,14H2,1-3H3,(H,25,26)(H,27,28)/t21-/m0/s1. The van der Waals surface area contributed by atoms with Gasteiger partial charge in [0.1, 0.15) is 12.4 Å². The second-order valence-electron chi connectivity index (χ2n) is 7.58. The highest BCUT2D eigenvalue weighted by atomic mass is 16.5. The van der Waals surface area contributed by atoms with Gasteiger partial charge in [0.2, 0.25) is 0 Å². The van der Waals surface area contributed by atoms with Crippen molar-refractivity contribution < 1.29 is 14.3 Å². The second kappa shape index (κ2) is 8.45. The van der Waals surface area contributed by atoms with E-state index in [1.807, 2.05) is 54.6 Å². The van der Waals surface area contributed by atoms with Crippen LogP contribution in [0.15, 0.2) is 60.3 Å². The van der Waals surface area contributed by atoms with E-state index in [4.69, 9.17) is 9.47 Å². The third kappa shape index (κ3) is 3.94. The Morgan fingerprint density at radius 3 is 2.70 bits per heavy atom. The highest BCUT2D eigenvalue weighted by Gasteiger charge is 2.25. The van der Waals surface area contributed by atoms with E-state index in [-0.39, 0.29) is 24.5 Å². The monoisotopic (exact) mass is 403 g/mol. The van der Waals surface area contributed by atoms with Crippen LogP contribution in [-0.4, -0.2) is 29.6 Å². The number of carbonyl (C=O) groups excluding carboxylic acids is 1. The minimum atomic E-state index is -0.248. The molecule has 0 aliphatic carbocycles. The van der Waals surface area contributed by atoms with Crippen LogP contribution in [-0.2, 0) is 4.79 Å². The molecular weight excluding hydrogens is 378 g/mol. The molecule has 3 aromatic rings. The van der Waals surface area contributed by atoms with Crippen molar-refractivity contribution in [3.63, 3.8) is 0 Å². The maximum atomic E-state index is 13.0. The number of nitrogens with one attached hydrogen (secondary N) is 2. The molecule has 30 heavy (non-hydrogen) atoms. The number of aromatic amines is 1. The zero-order valence-electron chi connectivity index (χ0n) is 17.3. The number of aromatic nitrogens is 2. The van der Waals surface area contributed by atoms with Crippen molar-refractivity contribution >= 4 is 12.0 Å². The van der Waals surface area contributed by atoms with Crippen molar-refractivity contribution in [2.24, 2.45) is 5.92 Å². The lowest BCUT2D eigenvalue weighted by molar-refractivity contribution is -0.118. The fourth-order valence-electron chi connectivity index (χ4n) is 3.52. The van der Waals surface area contributed by atoms with Crippen molar-refractivity contribution in [1.29, 1.82) is 0 Å². The Hall–Kier alpha value is -3.54. The van der Waals surface area contributed by atoms with E-state index in [1.165, 1.54) is 0 Å². The zero-order valence-corrected chi connectivity index (χ0v) is 17.3. The number of carbonyl (C=O) groups is 1. The molecule has 0 spiro atoms. The summed E-state index contributed by atoms with van der Waals surface area (Å²) in [6, 6.07) is 15.4. The number of H-pyrrole nitrogens is 1. The van der Waals surface area contributed by atoms with Crippen LogP contribution >= 0.6 is 0 Å². The van der Waals surface area contributed by atoms with Gasteiger partial charge >= 0.3 is 0 Å². The van der Waals surface area contributed by atoms with Crippen molar-refractivity contribution in [3.05, 3.63) is 71.7 Å². The van der Waals surface area contributed by atoms with Gasteiger partial charge in [-0.05, 0) is 23.6 Å². The summed E-state index contributed by atoms with van der Waals surface area (Å²) >= 11 is 0. The maximum absolute atomic E-state index is 13.0. The summed E-state index contributed by atoms with van der Waals surface area (Å²) in [5.74, 6) is 2.04. The van der Waals surface area contributed by atoms with E-state index >= 15 is 0 Å². The molecule has 2 heterocycles. The number of nitrogens with zero attached hydrogens (tertiary/aromatic N) is 1. The number of hydrogen-bond donors (Lipinski definition) is 2. The van der Waals surface area contributed by atoms with Crippen LogP contribution < -0.4 is 14.8 Å². The summed E-state index contributed by atoms with van der Waals surface area (Å²) in [4.78, 5) is 20.9. The molecule has 1 aliphatic rings. The van der Waals surface area contributed by atoms with E-state index < -0.39 is 0 Å². The number of hydrogen-bond acceptors (Lipinski definition) is 4. The van der Waals surface area contributed by atoms with Gasteiger partial charge in [-0.2, -0.15) is 0 Å². The normalized spacial score (nSPS) is 13.8. The van der Waals surface area contributed by atoms with Crippen LogP contribution in [0, 0.1) is 5.92 Å². The minimum Gasteiger partial charge on any atom is -0.493 e. The first-order chi connectivity index (χ1) is 14.6. The van der Waals surface area contributed by atoms with Crippen LogP contribution in [0.4, 0.5) is 0 Å². The number of amides is 1. The smallest absolute Gasteiger partial charge is 0.251 e. The number of rotatable bonds is 6. The third-order valence-corrected chi connectivity index (χ3v) is 5.15.